The maximum Gasteiger partial charge on any atom is 0.253 e. The van der Waals surface area contributed by atoms with E-state index >= 15 is 0 Å². The Labute approximate surface area is 182 Å². The van der Waals surface area contributed by atoms with E-state index in [2.05, 4.69) is 29.4 Å². The van der Waals surface area contributed by atoms with Crippen LogP contribution in [0, 0.1) is 13.8 Å². The van der Waals surface area contributed by atoms with Gasteiger partial charge in [-0.15, -0.1) is 0 Å². The number of aryl methyl sites for hydroxylation is 2. The molecule has 5 nitrogen and oxygen atoms in total. The lowest BCUT2D eigenvalue weighted by Gasteiger charge is -2.28. The molecule has 3 aromatic rings. The molecule has 1 aliphatic heterocycles. The molecule has 0 amide bonds. The molecule has 0 bridgehead atoms. The Hall–Kier alpha value is -2.70. The van der Waals surface area contributed by atoms with Crippen LogP contribution in [0.25, 0.3) is 10.9 Å². The predicted octanol–water partition coefficient (Wildman–Crippen LogP) is 4.52. The van der Waals surface area contributed by atoms with Crippen molar-refractivity contribution in [3.05, 3.63) is 75.6 Å². The molecule has 1 aliphatic rings. The lowest BCUT2D eigenvalue weighted by Crippen LogP contribution is -2.40. The summed E-state index contributed by atoms with van der Waals surface area (Å²) in [6, 6.07) is 16.0. The number of anilines is 1. The average molecular weight is 422 g/mol. The van der Waals surface area contributed by atoms with Crippen LogP contribution >= 0.6 is 12.2 Å². The first kappa shape index (κ1) is 20.6. The van der Waals surface area contributed by atoms with Crippen molar-refractivity contribution < 1.29 is 4.74 Å². The second-order valence-corrected chi connectivity index (χ2v) is 8.37. The SMILES string of the molecule is Cc1cc(C)c2[nH]c(=O)c(CN(C[C@@H]3CCCO3)C(=S)Nc3ccccc3)cc2c1. The number of ether oxygens (including phenoxy) is 1. The Morgan fingerprint density at radius 3 is 2.77 bits per heavy atom. The first-order chi connectivity index (χ1) is 14.5. The minimum Gasteiger partial charge on any atom is -0.376 e. The molecule has 1 saturated heterocycles. The van der Waals surface area contributed by atoms with Gasteiger partial charge in [0.05, 0.1) is 18.2 Å². The fraction of sp³-hybridized carbons (Fsp3) is 0.333. The second-order valence-electron chi connectivity index (χ2n) is 7.98. The molecular weight excluding hydrogens is 394 g/mol. The fourth-order valence-corrected chi connectivity index (χ4v) is 4.29. The molecule has 1 atom stereocenters. The van der Waals surface area contributed by atoms with Crippen LogP contribution < -0.4 is 10.9 Å². The molecule has 0 unspecified atom stereocenters. The first-order valence-corrected chi connectivity index (χ1v) is 10.8. The van der Waals surface area contributed by atoms with Crippen LogP contribution in [0.1, 0.15) is 29.5 Å². The van der Waals surface area contributed by atoms with E-state index in [0.717, 1.165) is 41.6 Å². The zero-order valence-corrected chi connectivity index (χ0v) is 18.2. The van der Waals surface area contributed by atoms with Crippen molar-refractivity contribution in [3.8, 4) is 0 Å². The van der Waals surface area contributed by atoms with Crippen LogP contribution in [-0.4, -0.2) is 34.3 Å². The number of rotatable bonds is 5. The van der Waals surface area contributed by atoms with Crippen LogP contribution in [0.15, 0.2) is 53.3 Å². The highest BCUT2D eigenvalue weighted by atomic mass is 32.1. The molecule has 2 N–H and O–H groups in total. The number of hydrogen-bond acceptors (Lipinski definition) is 3. The molecule has 0 saturated carbocycles. The molecule has 1 fully saturated rings. The second kappa shape index (κ2) is 8.98. The highest BCUT2D eigenvalue weighted by Crippen LogP contribution is 2.20. The van der Waals surface area contributed by atoms with E-state index in [0.29, 0.717) is 23.8 Å². The zero-order valence-electron chi connectivity index (χ0n) is 17.4. The van der Waals surface area contributed by atoms with Crippen LogP contribution in [-0.2, 0) is 11.3 Å². The van der Waals surface area contributed by atoms with Crippen LogP contribution in [0.2, 0.25) is 0 Å². The van der Waals surface area contributed by atoms with Gasteiger partial charge in [0.15, 0.2) is 5.11 Å². The summed E-state index contributed by atoms with van der Waals surface area (Å²) in [5.41, 5.74) is 4.70. The van der Waals surface area contributed by atoms with E-state index in [9.17, 15) is 4.79 Å². The number of pyridine rings is 1. The Morgan fingerprint density at radius 2 is 2.03 bits per heavy atom. The molecule has 6 heteroatoms. The summed E-state index contributed by atoms with van der Waals surface area (Å²) in [5.74, 6) is 0. The summed E-state index contributed by atoms with van der Waals surface area (Å²) in [4.78, 5) is 18.0. The predicted molar refractivity (Wildman–Crippen MR) is 126 cm³/mol. The summed E-state index contributed by atoms with van der Waals surface area (Å²) in [5, 5.41) is 4.94. The summed E-state index contributed by atoms with van der Waals surface area (Å²) < 4.78 is 5.84. The number of fused-ring (bicyclic) bond motifs is 1. The standard InChI is InChI=1S/C24H27N3O2S/c1-16-11-17(2)22-18(12-16)13-19(23(28)26-22)14-27(15-21-9-6-10-29-21)24(30)25-20-7-4-3-5-8-20/h3-5,7-8,11-13,21H,6,9-10,14-15H2,1-2H3,(H,25,30)(H,26,28)/t21-/m0/s1. The van der Waals surface area contributed by atoms with Gasteiger partial charge >= 0.3 is 0 Å². The number of hydrogen-bond donors (Lipinski definition) is 2. The van der Waals surface area contributed by atoms with E-state index in [4.69, 9.17) is 17.0 Å². The van der Waals surface area contributed by atoms with Crippen molar-refractivity contribution in [1.82, 2.24) is 9.88 Å². The number of nitrogens with one attached hydrogen (secondary N) is 2. The molecule has 156 valence electrons. The van der Waals surface area contributed by atoms with E-state index in [1.165, 1.54) is 5.56 Å². The number of H-pyrrole nitrogens is 1. The third-order valence-corrected chi connectivity index (χ3v) is 5.85. The Morgan fingerprint density at radius 1 is 1.23 bits per heavy atom. The molecule has 0 aliphatic carbocycles. The quantitative estimate of drug-likeness (QED) is 0.593. The van der Waals surface area contributed by atoms with Gasteiger partial charge in [-0.25, -0.2) is 0 Å². The van der Waals surface area contributed by atoms with Crippen LogP contribution in [0.3, 0.4) is 0 Å². The Kier molecular flexibility index (Phi) is 6.16. The molecule has 30 heavy (non-hydrogen) atoms. The van der Waals surface area contributed by atoms with Gasteiger partial charge in [0, 0.05) is 24.4 Å². The maximum absolute atomic E-state index is 12.8. The van der Waals surface area contributed by atoms with Gasteiger partial charge in [0.25, 0.3) is 5.56 Å². The third kappa shape index (κ3) is 4.71. The number of thiocarbonyl (C=S) groups is 1. The topological polar surface area (TPSA) is 57.4 Å². The van der Waals surface area contributed by atoms with Crippen molar-refractivity contribution >= 4 is 33.9 Å². The van der Waals surface area contributed by atoms with Gasteiger partial charge in [-0.3, -0.25) is 4.79 Å². The van der Waals surface area contributed by atoms with Gasteiger partial charge in [-0.05, 0) is 74.1 Å². The van der Waals surface area contributed by atoms with Crippen LogP contribution in [0.5, 0.6) is 0 Å². The van der Waals surface area contributed by atoms with Crippen molar-refractivity contribution in [2.45, 2.75) is 39.3 Å². The first-order valence-electron chi connectivity index (χ1n) is 10.4. The molecule has 4 rings (SSSR count). The summed E-state index contributed by atoms with van der Waals surface area (Å²) in [6.45, 7) is 5.96. The van der Waals surface area contributed by atoms with E-state index in [1.54, 1.807) is 0 Å². The monoisotopic (exact) mass is 421 g/mol. The normalized spacial score (nSPS) is 16.0. The van der Waals surface area contributed by atoms with Gasteiger partial charge in [-0.1, -0.05) is 29.8 Å². The van der Waals surface area contributed by atoms with Crippen LogP contribution in [0.4, 0.5) is 5.69 Å². The molecule has 2 heterocycles. The average Bonchev–Trinajstić information content (AvgIpc) is 3.22. The molecule has 0 spiro atoms. The molecule has 1 aromatic heterocycles. The van der Waals surface area contributed by atoms with E-state index in [-0.39, 0.29) is 11.7 Å². The smallest absolute Gasteiger partial charge is 0.253 e. The number of nitrogens with zero attached hydrogens (tertiary/aromatic N) is 1. The zero-order chi connectivity index (χ0) is 21.1. The van der Waals surface area contributed by atoms with Gasteiger partial charge in [0.1, 0.15) is 0 Å². The lowest BCUT2D eigenvalue weighted by atomic mass is 10.1. The van der Waals surface area contributed by atoms with Crippen molar-refractivity contribution in [2.24, 2.45) is 0 Å². The largest absolute Gasteiger partial charge is 0.376 e. The minimum absolute atomic E-state index is 0.0747. The number of aromatic nitrogens is 1. The Bertz CT molecular complexity index is 1100. The van der Waals surface area contributed by atoms with E-state index < -0.39 is 0 Å². The number of aromatic amines is 1. The van der Waals surface area contributed by atoms with Gasteiger partial charge in [-0.2, -0.15) is 0 Å². The van der Waals surface area contributed by atoms with E-state index in [1.807, 2.05) is 48.2 Å². The molecule has 0 radical (unpaired) electrons. The maximum atomic E-state index is 12.8. The van der Waals surface area contributed by atoms with Crippen molar-refractivity contribution in [1.29, 1.82) is 0 Å². The lowest BCUT2D eigenvalue weighted by molar-refractivity contribution is 0.0904. The van der Waals surface area contributed by atoms with Crippen molar-refractivity contribution in [3.63, 3.8) is 0 Å². The summed E-state index contributed by atoms with van der Waals surface area (Å²) >= 11 is 5.72. The third-order valence-electron chi connectivity index (χ3n) is 5.49. The highest BCUT2D eigenvalue weighted by Gasteiger charge is 2.22. The van der Waals surface area contributed by atoms with Gasteiger partial charge < -0.3 is 19.9 Å². The number of para-hydroxylation sites is 1. The van der Waals surface area contributed by atoms with Crippen molar-refractivity contribution in [2.75, 3.05) is 18.5 Å². The Balaban J connectivity index is 1.62. The van der Waals surface area contributed by atoms with Gasteiger partial charge in [0.2, 0.25) is 0 Å². The minimum atomic E-state index is -0.0747. The molecular formula is C24H27N3O2S. The fourth-order valence-electron chi connectivity index (χ4n) is 4.03. The molecule has 2 aromatic carbocycles. The summed E-state index contributed by atoms with van der Waals surface area (Å²) in [7, 11) is 0. The summed E-state index contributed by atoms with van der Waals surface area (Å²) in [6.07, 6.45) is 2.20. The number of benzene rings is 2. The highest BCUT2D eigenvalue weighted by molar-refractivity contribution is 7.80.